The van der Waals surface area contributed by atoms with Crippen LogP contribution in [0.3, 0.4) is 0 Å². The summed E-state index contributed by atoms with van der Waals surface area (Å²) < 4.78 is 5.75. The van der Waals surface area contributed by atoms with Gasteiger partial charge in [-0.2, -0.15) is 0 Å². The summed E-state index contributed by atoms with van der Waals surface area (Å²) in [6.45, 7) is 0.992. The minimum atomic E-state index is -1.07. The van der Waals surface area contributed by atoms with Crippen molar-refractivity contribution in [1.82, 2.24) is 15.5 Å². The number of hydrogen-bond donors (Lipinski definition) is 3. The Balaban J connectivity index is 1.14. The van der Waals surface area contributed by atoms with Crippen molar-refractivity contribution in [3.8, 4) is 11.1 Å². The van der Waals surface area contributed by atoms with Crippen molar-refractivity contribution in [3.63, 3.8) is 0 Å². The molecular formula is C34H39N3O5. The van der Waals surface area contributed by atoms with Crippen LogP contribution in [-0.4, -0.2) is 60.3 Å². The summed E-state index contributed by atoms with van der Waals surface area (Å²) in [5, 5.41) is 15.5. The summed E-state index contributed by atoms with van der Waals surface area (Å²) in [7, 11) is 1.84. The molecule has 3 aromatic rings. The molecule has 3 N–H and O–H groups in total. The number of carbonyl (C=O) groups is 3. The minimum Gasteiger partial charge on any atom is -0.480 e. The number of benzene rings is 3. The quantitative estimate of drug-likeness (QED) is 0.294. The lowest BCUT2D eigenvalue weighted by atomic mass is 9.82. The van der Waals surface area contributed by atoms with Gasteiger partial charge in [0.05, 0.1) is 0 Å². The molecule has 0 aromatic heterocycles. The van der Waals surface area contributed by atoms with Crippen LogP contribution in [0.2, 0.25) is 0 Å². The number of carboxylic acids is 1. The Morgan fingerprint density at radius 2 is 1.52 bits per heavy atom. The van der Waals surface area contributed by atoms with Crippen molar-refractivity contribution >= 4 is 18.0 Å². The number of carboxylic acid groups (broad SMARTS) is 1. The van der Waals surface area contributed by atoms with Gasteiger partial charge in [0.1, 0.15) is 12.6 Å². The Labute approximate surface area is 247 Å². The van der Waals surface area contributed by atoms with Crippen molar-refractivity contribution in [2.24, 2.45) is 5.92 Å². The normalized spacial score (nSPS) is 18.5. The highest BCUT2D eigenvalue weighted by molar-refractivity contribution is 5.84. The molecule has 8 nitrogen and oxygen atoms in total. The first-order valence-electron chi connectivity index (χ1n) is 14.7. The highest BCUT2D eigenvalue weighted by Gasteiger charge is 2.32. The summed E-state index contributed by atoms with van der Waals surface area (Å²) in [4.78, 5) is 39.8. The molecule has 2 aliphatic carbocycles. The SMILES string of the molecule is CN(Cc1ccccc1)CC(NC(=O)CC1CCCCC1NC(=O)OCC1c2ccccc2-c2ccccc21)C(=O)O. The Bertz CT molecular complexity index is 1350. The van der Waals surface area contributed by atoms with E-state index in [1.54, 1.807) is 0 Å². The van der Waals surface area contributed by atoms with Crippen LogP contribution in [0.25, 0.3) is 11.1 Å². The second-order valence-electron chi connectivity index (χ2n) is 11.5. The molecule has 0 heterocycles. The molecule has 2 aliphatic rings. The van der Waals surface area contributed by atoms with Gasteiger partial charge in [-0.1, -0.05) is 91.7 Å². The number of likely N-dealkylation sites (N-methyl/N-ethyl adjacent to an activating group) is 1. The van der Waals surface area contributed by atoms with E-state index in [-0.39, 0.29) is 43.4 Å². The first kappa shape index (κ1) is 29.3. The molecule has 3 unspecified atom stereocenters. The van der Waals surface area contributed by atoms with E-state index in [9.17, 15) is 19.5 Å². The number of fused-ring (bicyclic) bond motifs is 3. The lowest BCUT2D eigenvalue weighted by Gasteiger charge is -2.32. The van der Waals surface area contributed by atoms with Gasteiger partial charge in [0.25, 0.3) is 0 Å². The number of alkyl carbamates (subject to hydrolysis) is 1. The molecule has 5 rings (SSSR count). The third-order valence-electron chi connectivity index (χ3n) is 8.43. The number of ether oxygens (including phenoxy) is 1. The zero-order valence-corrected chi connectivity index (χ0v) is 24.0. The molecule has 220 valence electrons. The van der Waals surface area contributed by atoms with Crippen LogP contribution < -0.4 is 10.6 Å². The van der Waals surface area contributed by atoms with Crippen molar-refractivity contribution in [2.75, 3.05) is 20.2 Å². The Morgan fingerprint density at radius 1 is 0.905 bits per heavy atom. The summed E-state index contributed by atoms with van der Waals surface area (Å²) in [6.07, 6.45) is 3.12. The maximum Gasteiger partial charge on any atom is 0.407 e. The van der Waals surface area contributed by atoms with E-state index < -0.39 is 18.1 Å². The molecule has 1 saturated carbocycles. The molecule has 0 saturated heterocycles. The Kier molecular flexibility index (Phi) is 9.54. The minimum absolute atomic E-state index is 0.0240. The van der Waals surface area contributed by atoms with Crippen molar-refractivity contribution < 1.29 is 24.2 Å². The van der Waals surface area contributed by atoms with Gasteiger partial charge in [0.15, 0.2) is 0 Å². The number of nitrogens with one attached hydrogen (secondary N) is 2. The maximum absolute atomic E-state index is 13.0. The molecule has 3 atom stereocenters. The predicted octanol–water partition coefficient (Wildman–Crippen LogP) is 5.18. The highest BCUT2D eigenvalue weighted by Crippen LogP contribution is 2.44. The summed E-state index contributed by atoms with van der Waals surface area (Å²) >= 11 is 0. The second kappa shape index (κ2) is 13.7. The number of carbonyl (C=O) groups excluding carboxylic acids is 2. The first-order valence-corrected chi connectivity index (χ1v) is 14.7. The average molecular weight is 570 g/mol. The lowest BCUT2D eigenvalue weighted by Crippen LogP contribution is -2.49. The predicted molar refractivity (Wildman–Crippen MR) is 161 cm³/mol. The van der Waals surface area contributed by atoms with Gasteiger partial charge in [0, 0.05) is 31.5 Å². The zero-order chi connectivity index (χ0) is 29.5. The standard InChI is InChI=1S/C34H39N3O5/c1-37(20-23-11-3-2-4-12-23)21-31(33(39)40)35-32(38)19-24-13-5-10-18-30(24)36-34(41)42-22-29-27-16-8-6-14-25(27)26-15-7-9-17-28(26)29/h2-4,6-9,11-12,14-17,24,29-31H,5,10,13,18-22H2,1H3,(H,35,38)(H,36,41)(H,39,40). The molecule has 1 fully saturated rings. The molecule has 0 radical (unpaired) electrons. The molecule has 0 spiro atoms. The van der Waals surface area contributed by atoms with Gasteiger partial charge >= 0.3 is 12.1 Å². The second-order valence-corrected chi connectivity index (χ2v) is 11.5. The topological polar surface area (TPSA) is 108 Å². The molecule has 3 aromatic carbocycles. The van der Waals surface area contributed by atoms with Crippen LogP contribution >= 0.6 is 0 Å². The number of hydrogen-bond acceptors (Lipinski definition) is 5. The maximum atomic E-state index is 13.0. The third-order valence-corrected chi connectivity index (χ3v) is 8.43. The lowest BCUT2D eigenvalue weighted by molar-refractivity contribution is -0.142. The van der Waals surface area contributed by atoms with Crippen LogP contribution in [-0.2, 0) is 20.9 Å². The van der Waals surface area contributed by atoms with Gasteiger partial charge in [-0.25, -0.2) is 9.59 Å². The summed E-state index contributed by atoms with van der Waals surface area (Å²) in [6, 6.07) is 25.0. The third kappa shape index (κ3) is 7.18. The molecule has 2 amide bonds. The van der Waals surface area contributed by atoms with Crippen LogP contribution in [0.5, 0.6) is 0 Å². The molecule has 42 heavy (non-hydrogen) atoms. The zero-order valence-electron chi connectivity index (χ0n) is 24.0. The average Bonchev–Trinajstić information content (AvgIpc) is 3.31. The van der Waals surface area contributed by atoms with E-state index in [2.05, 4.69) is 34.9 Å². The molecular weight excluding hydrogens is 530 g/mol. The van der Waals surface area contributed by atoms with Crippen molar-refractivity contribution in [2.45, 2.75) is 56.7 Å². The van der Waals surface area contributed by atoms with Gasteiger partial charge in [-0.15, -0.1) is 0 Å². The number of aliphatic carboxylic acids is 1. The Hall–Kier alpha value is -4.17. The molecule has 8 heteroatoms. The van der Waals surface area contributed by atoms with E-state index in [0.29, 0.717) is 6.54 Å². The van der Waals surface area contributed by atoms with E-state index in [1.165, 1.54) is 11.1 Å². The van der Waals surface area contributed by atoms with Crippen LogP contribution in [0.1, 0.15) is 54.7 Å². The van der Waals surface area contributed by atoms with Crippen LogP contribution in [0.4, 0.5) is 4.79 Å². The van der Waals surface area contributed by atoms with E-state index in [0.717, 1.165) is 42.4 Å². The van der Waals surface area contributed by atoms with Crippen molar-refractivity contribution in [1.29, 1.82) is 0 Å². The highest BCUT2D eigenvalue weighted by atomic mass is 16.5. The van der Waals surface area contributed by atoms with Gasteiger partial charge in [0.2, 0.25) is 5.91 Å². The smallest absolute Gasteiger partial charge is 0.407 e. The Morgan fingerprint density at radius 3 is 2.19 bits per heavy atom. The van der Waals surface area contributed by atoms with Crippen LogP contribution in [0, 0.1) is 5.92 Å². The summed E-state index contributed by atoms with van der Waals surface area (Å²) in [5.74, 6) is -1.50. The van der Waals surface area contributed by atoms with Gasteiger partial charge < -0.3 is 20.5 Å². The monoisotopic (exact) mass is 569 g/mol. The van der Waals surface area contributed by atoms with E-state index >= 15 is 0 Å². The molecule has 0 aliphatic heterocycles. The van der Waals surface area contributed by atoms with Crippen LogP contribution in [0.15, 0.2) is 78.9 Å². The fourth-order valence-electron chi connectivity index (χ4n) is 6.38. The summed E-state index contributed by atoms with van der Waals surface area (Å²) in [5.41, 5.74) is 5.72. The number of nitrogens with zero attached hydrogens (tertiary/aromatic N) is 1. The fraction of sp³-hybridized carbons (Fsp3) is 0.382. The van der Waals surface area contributed by atoms with E-state index in [4.69, 9.17) is 4.74 Å². The molecule has 0 bridgehead atoms. The van der Waals surface area contributed by atoms with Gasteiger partial charge in [-0.05, 0) is 53.6 Å². The fourth-order valence-corrected chi connectivity index (χ4v) is 6.38. The van der Waals surface area contributed by atoms with Gasteiger partial charge in [-0.3, -0.25) is 9.69 Å². The first-order chi connectivity index (χ1) is 20.4. The number of amides is 2. The van der Waals surface area contributed by atoms with E-state index in [1.807, 2.05) is 66.5 Å². The van der Waals surface area contributed by atoms with Crippen molar-refractivity contribution in [3.05, 3.63) is 95.6 Å². The largest absolute Gasteiger partial charge is 0.480 e. The number of rotatable bonds is 11.